The van der Waals surface area contributed by atoms with Crippen LogP contribution in [0.1, 0.15) is 23.1 Å². The number of aryl methyl sites for hydroxylation is 1. The van der Waals surface area contributed by atoms with Crippen molar-refractivity contribution in [1.82, 2.24) is 4.98 Å². The number of ether oxygens (including phenoxy) is 1. The first-order chi connectivity index (χ1) is 7.13. The highest BCUT2D eigenvalue weighted by atomic mass is 16.6. The van der Waals surface area contributed by atoms with Gasteiger partial charge in [-0.1, -0.05) is 0 Å². The molecule has 76 valence electrons. The molecule has 1 saturated heterocycles. The van der Waals surface area contributed by atoms with E-state index in [-0.39, 0.29) is 23.2 Å². The summed E-state index contributed by atoms with van der Waals surface area (Å²) in [4.78, 5) is 14.2. The van der Waals surface area contributed by atoms with Crippen molar-refractivity contribution >= 4 is 5.69 Å². The summed E-state index contributed by atoms with van der Waals surface area (Å²) in [6.07, 6.45) is -0.321. The maximum Gasteiger partial charge on any atom is 0.293 e. The van der Waals surface area contributed by atoms with Crippen molar-refractivity contribution in [2.24, 2.45) is 0 Å². The minimum atomic E-state index is -0.502. The highest BCUT2D eigenvalue weighted by molar-refractivity contribution is 5.46. The van der Waals surface area contributed by atoms with E-state index in [2.05, 4.69) is 4.98 Å². The van der Waals surface area contributed by atoms with E-state index in [1.165, 1.54) is 6.07 Å². The van der Waals surface area contributed by atoms with Crippen LogP contribution in [0.5, 0.6) is 0 Å². The highest BCUT2D eigenvalue weighted by Crippen LogP contribution is 2.35. The van der Waals surface area contributed by atoms with Crippen LogP contribution >= 0.6 is 0 Å². The van der Waals surface area contributed by atoms with Gasteiger partial charge in [-0.2, -0.15) is 5.26 Å². The zero-order valence-corrected chi connectivity index (χ0v) is 7.93. The van der Waals surface area contributed by atoms with E-state index in [0.717, 1.165) is 0 Å². The zero-order chi connectivity index (χ0) is 11.0. The van der Waals surface area contributed by atoms with Crippen LogP contribution in [0.15, 0.2) is 6.07 Å². The van der Waals surface area contributed by atoms with Gasteiger partial charge in [-0.05, 0) is 12.5 Å². The number of aromatic nitrogens is 1. The Bertz CT molecular complexity index is 474. The first-order valence-electron chi connectivity index (χ1n) is 4.31. The summed E-state index contributed by atoms with van der Waals surface area (Å²) in [5.41, 5.74) is 0.899. The lowest BCUT2D eigenvalue weighted by atomic mass is 10.1. The Kier molecular flexibility index (Phi) is 2.10. The Labute approximate surface area is 85.3 Å². The van der Waals surface area contributed by atoms with Crippen LogP contribution in [-0.2, 0) is 4.74 Å². The predicted molar refractivity (Wildman–Crippen MR) is 49.0 cm³/mol. The fraction of sp³-hybridized carbons (Fsp3) is 0.333. The van der Waals surface area contributed by atoms with E-state index < -0.39 is 4.92 Å². The van der Waals surface area contributed by atoms with E-state index >= 15 is 0 Å². The molecule has 1 aliphatic rings. The molecule has 15 heavy (non-hydrogen) atoms. The van der Waals surface area contributed by atoms with Gasteiger partial charge in [0.25, 0.3) is 5.69 Å². The lowest BCUT2D eigenvalue weighted by molar-refractivity contribution is -0.386. The van der Waals surface area contributed by atoms with Crippen LogP contribution in [-0.4, -0.2) is 16.5 Å². The SMILES string of the molecule is Cc1cc([N+](=O)[O-])c(C2CO2)nc1C#N. The molecule has 1 fully saturated rings. The molecule has 0 amide bonds. The Morgan fingerprint density at radius 3 is 2.93 bits per heavy atom. The van der Waals surface area contributed by atoms with Crippen molar-refractivity contribution in [3.8, 4) is 6.07 Å². The maximum atomic E-state index is 10.7. The first-order valence-corrected chi connectivity index (χ1v) is 4.31. The molecule has 0 N–H and O–H groups in total. The molecule has 1 aliphatic heterocycles. The second kappa shape index (κ2) is 3.29. The second-order valence-electron chi connectivity index (χ2n) is 3.25. The van der Waals surface area contributed by atoms with Crippen molar-refractivity contribution < 1.29 is 9.66 Å². The third kappa shape index (κ3) is 1.65. The van der Waals surface area contributed by atoms with Gasteiger partial charge in [-0.25, -0.2) is 4.98 Å². The molecule has 6 nitrogen and oxygen atoms in total. The monoisotopic (exact) mass is 205 g/mol. The minimum absolute atomic E-state index is 0.0750. The molecule has 2 rings (SSSR count). The van der Waals surface area contributed by atoms with Crippen LogP contribution in [0.2, 0.25) is 0 Å². The molecule has 6 heteroatoms. The van der Waals surface area contributed by atoms with E-state index in [1.54, 1.807) is 6.92 Å². The molecular formula is C9H7N3O3. The van der Waals surface area contributed by atoms with Gasteiger partial charge in [-0.15, -0.1) is 0 Å². The van der Waals surface area contributed by atoms with Gasteiger partial charge in [0.05, 0.1) is 11.5 Å². The average Bonchev–Trinajstić information content (AvgIpc) is 3.00. The van der Waals surface area contributed by atoms with Crippen LogP contribution < -0.4 is 0 Å². The van der Waals surface area contributed by atoms with Gasteiger partial charge >= 0.3 is 0 Å². The van der Waals surface area contributed by atoms with E-state index in [1.807, 2.05) is 6.07 Å². The van der Waals surface area contributed by atoms with Gasteiger partial charge in [0.15, 0.2) is 5.69 Å². The molecule has 2 heterocycles. The average molecular weight is 205 g/mol. The topological polar surface area (TPSA) is 92.3 Å². The quantitative estimate of drug-likeness (QED) is 0.411. The summed E-state index contributed by atoms with van der Waals surface area (Å²) in [5, 5.41) is 19.5. The highest BCUT2D eigenvalue weighted by Gasteiger charge is 2.34. The van der Waals surface area contributed by atoms with Crippen molar-refractivity contribution in [2.45, 2.75) is 13.0 Å². The number of hydrogen-bond acceptors (Lipinski definition) is 5. The molecule has 0 bridgehead atoms. The van der Waals surface area contributed by atoms with Crippen molar-refractivity contribution in [1.29, 1.82) is 5.26 Å². The smallest absolute Gasteiger partial charge is 0.293 e. The molecule has 0 aliphatic carbocycles. The molecule has 0 saturated carbocycles. The summed E-state index contributed by atoms with van der Waals surface area (Å²) in [5.74, 6) is 0. The third-order valence-corrected chi connectivity index (χ3v) is 2.16. The summed E-state index contributed by atoms with van der Waals surface area (Å²) in [6, 6.07) is 3.26. The summed E-state index contributed by atoms with van der Waals surface area (Å²) < 4.78 is 4.95. The van der Waals surface area contributed by atoms with Crippen LogP contribution in [0.3, 0.4) is 0 Å². The molecule has 0 spiro atoms. The predicted octanol–water partition coefficient (Wildman–Crippen LogP) is 1.24. The van der Waals surface area contributed by atoms with Crippen LogP contribution in [0.25, 0.3) is 0 Å². The minimum Gasteiger partial charge on any atom is -0.366 e. The molecule has 1 aromatic heterocycles. The van der Waals surface area contributed by atoms with Gasteiger partial charge in [0, 0.05) is 6.07 Å². The third-order valence-electron chi connectivity index (χ3n) is 2.16. The van der Waals surface area contributed by atoms with Crippen molar-refractivity contribution in [2.75, 3.05) is 6.61 Å². The van der Waals surface area contributed by atoms with Gasteiger partial charge in [-0.3, -0.25) is 10.1 Å². The fourth-order valence-electron chi connectivity index (χ4n) is 1.32. The number of nitriles is 1. The Morgan fingerprint density at radius 1 is 1.80 bits per heavy atom. The van der Waals surface area contributed by atoms with Gasteiger partial charge in [0.1, 0.15) is 17.9 Å². The molecule has 1 unspecified atom stereocenters. The normalized spacial score (nSPS) is 18.3. The van der Waals surface area contributed by atoms with E-state index in [9.17, 15) is 10.1 Å². The van der Waals surface area contributed by atoms with Gasteiger partial charge in [0.2, 0.25) is 0 Å². The van der Waals surface area contributed by atoms with E-state index in [4.69, 9.17) is 10.00 Å². The number of rotatable bonds is 2. The molecule has 0 radical (unpaired) electrons. The fourth-order valence-corrected chi connectivity index (χ4v) is 1.32. The van der Waals surface area contributed by atoms with Crippen LogP contribution in [0.4, 0.5) is 5.69 Å². The van der Waals surface area contributed by atoms with Crippen LogP contribution in [0, 0.1) is 28.4 Å². The first kappa shape index (κ1) is 9.55. The molecule has 0 aromatic carbocycles. The summed E-state index contributed by atoms with van der Waals surface area (Å²) in [7, 11) is 0. The number of epoxide rings is 1. The maximum absolute atomic E-state index is 10.7. The summed E-state index contributed by atoms with van der Waals surface area (Å²) >= 11 is 0. The Balaban J connectivity index is 2.59. The summed E-state index contributed by atoms with van der Waals surface area (Å²) in [6.45, 7) is 2.05. The molecule has 1 atom stereocenters. The zero-order valence-electron chi connectivity index (χ0n) is 7.93. The van der Waals surface area contributed by atoms with E-state index in [0.29, 0.717) is 12.2 Å². The Morgan fingerprint density at radius 2 is 2.47 bits per heavy atom. The van der Waals surface area contributed by atoms with Crippen molar-refractivity contribution in [3.63, 3.8) is 0 Å². The number of hydrogen-bond donors (Lipinski definition) is 0. The van der Waals surface area contributed by atoms with Gasteiger partial charge < -0.3 is 4.74 Å². The second-order valence-corrected chi connectivity index (χ2v) is 3.25. The standard InChI is InChI=1S/C9H7N3O3/c1-5-2-7(12(13)14)9(8-4-15-8)11-6(5)3-10/h2,8H,4H2,1H3. The lowest BCUT2D eigenvalue weighted by Gasteiger charge is -2.01. The lowest BCUT2D eigenvalue weighted by Crippen LogP contribution is -2.01. The van der Waals surface area contributed by atoms with Crippen molar-refractivity contribution in [3.05, 3.63) is 33.1 Å². The largest absolute Gasteiger partial charge is 0.366 e. The Hall–Kier alpha value is -2.00. The number of nitrogens with zero attached hydrogens (tertiary/aromatic N) is 3. The molecular weight excluding hydrogens is 198 g/mol. The number of nitro groups is 1. The number of pyridine rings is 1. The molecule has 1 aromatic rings.